The molecule has 2 aliphatic rings. The molecule has 2 fully saturated rings. The Kier molecular flexibility index (Phi) is 5.02. The van der Waals surface area contributed by atoms with Crippen LogP contribution in [-0.4, -0.2) is 70.9 Å². The zero-order valence-corrected chi connectivity index (χ0v) is 14.4. The number of nitrogens with zero attached hydrogens (tertiary/aromatic N) is 4. The molecular formula is C17H28N4O2. The van der Waals surface area contributed by atoms with Gasteiger partial charge in [-0.15, -0.1) is 0 Å². The van der Waals surface area contributed by atoms with Gasteiger partial charge < -0.3 is 9.64 Å². The number of carbonyl (C=O) groups is 1. The Bertz CT molecular complexity index is 536. The van der Waals surface area contributed by atoms with Gasteiger partial charge in [0.15, 0.2) is 0 Å². The van der Waals surface area contributed by atoms with E-state index in [4.69, 9.17) is 4.74 Å². The molecule has 2 aliphatic heterocycles. The maximum Gasteiger partial charge on any atom is 0.228 e. The molecule has 23 heavy (non-hydrogen) atoms. The van der Waals surface area contributed by atoms with Gasteiger partial charge in [-0.05, 0) is 25.8 Å². The van der Waals surface area contributed by atoms with E-state index in [1.165, 1.54) is 0 Å². The zero-order valence-electron chi connectivity index (χ0n) is 14.4. The van der Waals surface area contributed by atoms with Crippen LogP contribution >= 0.6 is 0 Å². The lowest BCUT2D eigenvalue weighted by molar-refractivity contribution is -0.129. The average molecular weight is 320 g/mol. The van der Waals surface area contributed by atoms with Gasteiger partial charge in [-0.25, -0.2) is 0 Å². The summed E-state index contributed by atoms with van der Waals surface area (Å²) in [4.78, 5) is 17.1. The van der Waals surface area contributed by atoms with Gasteiger partial charge in [0, 0.05) is 44.5 Å². The number of carbonyl (C=O) groups excluding carboxylic acids is 1. The summed E-state index contributed by atoms with van der Waals surface area (Å²) in [6.07, 6.45) is 2.36. The summed E-state index contributed by atoms with van der Waals surface area (Å²) >= 11 is 0. The largest absolute Gasteiger partial charge is 0.379 e. The Morgan fingerprint density at radius 3 is 2.74 bits per heavy atom. The van der Waals surface area contributed by atoms with Crippen molar-refractivity contribution in [1.29, 1.82) is 0 Å². The quantitative estimate of drug-likeness (QED) is 0.836. The van der Waals surface area contributed by atoms with Crippen molar-refractivity contribution in [1.82, 2.24) is 19.6 Å². The van der Waals surface area contributed by atoms with E-state index >= 15 is 0 Å². The van der Waals surface area contributed by atoms with Crippen molar-refractivity contribution in [2.75, 3.05) is 39.4 Å². The first-order valence-electron chi connectivity index (χ1n) is 8.68. The maximum atomic E-state index is 12.6. The summed E-state index contributed by atoms with van der Waals surface area (Å²) in [7, 11) is 0. The summed E-state index contributed by atoms with van der Waals surface area (Å²) in [6.45, 7) is 11.7. The lowest BCUT2D eigenvalue weighted by Gasteiger charge is -2.33. The number of amides is 1. The van der Waals surface area contributed by atoms with Gasteiger partial charge in [-0.2, -0.15) is 5.10 Å². The highest BCUT2D eigenvalue weighted by molar-refractivity contribution is 5.78. The van der Waals surface area contributed by atoms with Crippen LogP contribution in [0.5, 0.6) is 0 Å². The molecule has 1 aromatic heterocycles. The highest BCUT2D eigenvalue weighted by Gasteiger charge is 2.36. The van der Waals surface area contributed by atoms with Gasteiger partial charge in [-0.3, -0.25) is 14.4 Å². The molecule has 0 unspecified atom stereocenters. The van der Waals surface area contributed by atoms with Crippen LogP contribution in [0, 0.1) is 5.92 Å². The minimum absolute atomic E-state index is 0.196. The number of hydrogen-bond donors (Lipinski definition) is 0. The third-order valence-corrected chi connectivity index (χ3v) is 4.97. The van der Waals surface area contributed by atoms with Gasteiger partial charge in [0.25, 0.3) is 0 Å². The van der Waals surface area contributed by atoms with Crippen molar-refractivity contribution in [2.45, 2.75) is 39.3 Å². The van der Waals surface area contributed by atoms with Crippen LogP contribution in [0.3, 0.4) is 0 Å². The predicted octanol–water partition coefficient (Wildman–Crippen LogP) is 1.19. The first-order chi connectivity index (χ1) is 11.0. The second-order valence-electron chi connectivity index (χ2n) is 7.05. The van der Waals surface area contributed by atoms with Crippen LogP contribution in [0.2, 0.25) is 0 Å². The van der Waals surface area contributed by atoms with Crippen LogP contribution < -0.4 is 0 Å². The number of rotatable bonds is 4. The van der Waals surface area contributed by atoms with Gasteiger partial charge in [0.2, 0.25) is 5.91 Å². The topological polar surface area (TPSA) is 50.6 Å². The van der Waals surface area contributed by atoms with Crippen LogP contribution in [-0.2, 0) is 16.0 Å². The first-order valence-corrected chi connectivity index (χ1v) is 8.68. The summed E-state index contributed by atoms with van der Waals surface area (Å²) in [5.74, 6) is 0.715. The molecule has 0 N–H and O–H groups in total. The lowest BCUT2D eigenvalue weighted by atomic mass is 10.0. The maximum absolute atomic E-state index is 12.6. The van der Waals surface area contributed by atoms with Crippen molar-refractivity contribution in [3.05, 3.63) is 18.0 Å². The Morgan fingerprint density at radius 2 is 2.09 bits per heavy atom. The molecule has 3 rings (SSSR count). The summed E-state index contributed by atoms with van der Waals surface area (Å²) in [6, 6.07) is 2.75. The van der Waals surface area contributed by atoms with Gasteiger partial charge >= 0.3 is 0 Å². The fourth-order valence-corrected chi connectivity index (χ4v) is 3.56. The number of morpholine rings is 1. The van der Waals surface area contributed by atoms with E-state index in [1.807, 2.05) is 21.8 Å². The second kappa shape index (κ2) is 7.01. The molecule has 0 aliphatic carbocycles. The van der Waals surface area contributed by atoms with Crippen molar-refractivity contribution in [2.24, 2.45) is 5.92 Å². The molecule has 0 aromatic carbocycles. The fourth-order valence-electron chi connectivity index (χ4n) is 3.56. The van der Waals surface area contributed by atoms with E-state index in [0.717, 1.165) is 45.1 Å². The molecule has 6 heteroatoms. The van der Waals surface area contributed by atoms with E-state index < -0.39 is 0 Å². The number of aromatic nitrogens is 2. The molecule has 2 atom stereocenters. The highest BCUT2D eigenvalue weighted by Crippen LogP contribution is 2.23. The second-order valence-corrected chi connectivity index (χ2v) is 7.05. The Balaban J connectivity index is 1.57. The van der Waals surface area contributed by atoms with Gasteiger partial charge in [0.1, 0.15) is 0 Å². The van der Waals surface area contributed by atoms with Crippen molar-refractivity contribution >= 4 is 5.91 Å². The SMILES string of the molecule is CC(C)n1ccc(CC(=O)N2C[C@H](C)[C@@H](N3CCOCC3)C2)n1. The summed E-state index contributed by atoms with van der Waals surface area (Å²) < 4.78 is 7.35. The number of hydrogen-bond acceptors (Lipinski definition) is 4. The monoisotopic (exact) mass is 320 g/mol. The van der Waals surface area contributed by atoms with Crippen molar-refractivity contribution in [3.63, 3.8) is 0 Å². The third-order valence-electron chi connectivity index (χ3n) is 4.97. The van der Waals surface area contributed by atoms with Crippen LogP contribution in [0.25, 0.3) is 0 Å². The third kappa shape index (κ3) is 3.75. The van der Waals surface area contributed by atoms with E-state index in [9.17, 15) is 4.79 Å². The average Bonchev–Trinajstić information content (AvgIpc) is 3.15. The smallest absolute Gasteiger partial charge is 0.228 e. The fraction of sp³-hybridized carbons (Fsp3) is 0.765. The van der Waals surface area contributed by atoms with Crippen molar-refractivity contribution < 1.29 is 9.53 Å². The van der Waals surface area contributed by atoms with Crippen LogP contribution in [0.1, 0.15) is 32.5 Å². The standard InChI is InChI=1S/C17H28N4O2/c1-13(2)21-5-4-15(18-21)10-17(22)20-11-14(3)16(12-20)19-6-8-23-9-7-19/h4-5,13-14,16H,6-12H2,1-3H3/t14-,16-/m0/s1. The molecule has 3 heterocycles. The molecule has 128 valence electrons. The summed E-state index contributed by atoms with van der Waals surface area (Å²) in [5.41, 5.74) is 0.867. The van der Waals surface area contributed by atoms with E-state index in [2.05, 4.69) is 30.8 Å². The molecular weight excluding hydrogens is 292 g/mol. The first kappa shape index (κ1) is 16.5. The Labute approximate surface area is 138 Å². The van der Waals surface area contributed by atoms with E-state index in [0.29, 0.717) is 24.4 Å². The number of ether oxygens (including phenoxy) is 1. The lowest BCUT2D eigenvalue weighted by Crippen LogP contribution is -2.47. The normalized spacial score (nSPS) is 26.2. The van der Waals surface area contributed by atoms with E-state index in [1.54, 1.807) is 0 Å². The highest BCUT2D eigenvalue weighted by atomic mass is 16.5. The molecule has 0 radical (unpaired) electrons. The minimum Gasteiger partial charge on any atom is -0.379 e. The zero-order chi connectivity index (χ0) is 16.4. The van der Waals surface area contributed by atoms with Crippen LogP contribution in [0.15, 0.2) is 12.3 Å². The molecule has 2 saturated heterocycles. The minimum atomic E-state index is 0.196. The molecule has 0 saturated carbocycles. The summed E-state index contributed by atoms with van der Waals surface area (Å²) in [5, 5.41) is 4.49. The van der Waals surface area contributed by atoms with Gasteiger partial charge in [0.05, 0.1) is 25.3 Å². The molecule has 6 nitrogen and oxygen atoms in total. The molecule has 1 aromatic rings. The molecule has 1 amide bonds. The molecule has 0 spiro atoms. The van der Waals surface area contributed by atoms with Gasteiger partial charge in [-0.1, -0.05) is 6.92 Å². The molecule has 0 bridgehead atoms. The van der Waals surface area contributed by atoms with Crippen molar-refractivity contribution in [3.8, 4) is 0 Å². The Morgan fingerprint density at radius 1 is 1.35 bits per heavy atom. The van der Waals surface area contributed by atoms with Crippen LogP contribution in [0.4, 0.5) is 0 Å². The predicted molar refractivity (Wildman–Crippen MR) is 88.2 cm³/mol. The Hall–Kier alpha value is -1.40. The van der Waals surface area contributed by atoms with E-state index in [-0.39, 0.29) is 5.91 Å². The number of likely N-dealkylation sites (tertiary alicyclic amines) is 1.